The molecule has 0 amide bonds. The van der Waals surface area contributed by atoms with E-state index in [0.29, 0.717) is 17.1 Å². The lowest BCUT2D eigenvalue weighted by Crippen LogP contribution is -2.37. The van der Waals surface area contributed by atoms with Crippen LogP contribution in [-0.4, -0.2) is 5.54 Å². The largest absolute Gasteiger partial charge is 0.488 e. The Balaban J connectivity index is 0.00000288. The van der Waals surface area contributed by atoms with E-state index in [1.165, 1.54) is 6.07 Å². The van der Waals surface area contributed by atoms with Gasteiger partial charge in [-0.15, -0.1) is 12.4 Å². The van der Waals surface area contributed by atoms with Crippen LogP contribution in [0.15, 0.2) is 42.5 Å². The Morgan fingerprint density at radius 3 is 2.50 bits per heavy atom. The molecule has 0 bridgehead atoms. The molecule has 0 spiro atoms. The zero-order valence-corrected chi connectivity index (χ0v) is 15.8. The summed E-state index contributed by atoms with van der Waals surface area (Å²) >= 11 is 6.10. The third kappa shape index (κ3) is 5.97. The summed E-state index contributed by atoms with van der Waals surface area (Å²) in [5, 5.41) is 4.15. The maximum Gasteiger partial charge on any atom is 0.129 e. The molecule has 2 aromatic carbocycles. The maximum atomic E-state index is 13.7. The zero-order valence-electron chi connectivity index (χ0n) is 14.2. The first-order valence-corrected chi connectivity index (χ1v) is 8.19. The molecule has 2 rings (SSSR count). The molecule has 0 heterocycles. The topological polar surface area (TPSA) is 21.3 Å². The van der Waals surface area contributed by atoms with Gasteiger partial charge in [-0.1, -0.05) is 36.7 Å². The Labute approximate surface area is 154 Å². The number of hydrogen-bond donors (Lipinski definition) is 1. The minimum absolute atomic E-state index is 0. The third-order valence-corrected chi connectivity index (χ3v) is 4.24. The van der Waals surface area contributed by atoms with Gasteiger partial charge in [-0.05, 0) is 44.5 Å². The molecule has 0 aliphatic carbocycles. The maximum absolute atomic E-state index is 13.7. The average molecular weight is 372 g/mol. The van der Waals surface area contributed by atoms with Crippen molar-refractivity contribution in [1.82, 2.24) is 5.32 Å². The standard InChI is InChI=1S/C19H23ClFNO.ClH/c1-4-19(2,3)22-12-15-11-16(20)9-10-18(15)23-13-14-7-5-6-8-17(14)21;/h5-11,22H,4,12-13H2,1-3H3;1H. The third-order valence-electron chi connectivity index (χ3n) is 4.00. The van der Waals surface area contributed by atoms with Crippen LogP contribution < -0.4 is 10.1 Å². The van der Waals surface area contributed by atoms with E-state index in [-0.39, 0.29) is 30.4 Å². The molecule has 0 radical (unpaired) electrons. The second-order valence-electron chi connectivity index (χ2n) is 6.22. The van der Waals surface area contributed by atoms with Crippen molar-refractivity contribution in [3.05, 3.63) is 64.4 Å². The molecule has 0 unspecified atom stereocenters. The van der Waals surface area contributed by atoms with E-state index < -0.39 is 0 Å². The Kier molecular flexibility index (Phi) is 8.01. The molecule has 0 atom stereocenters. The van der Waals surface area contributed by atoms with Gasteiger partial charge in [0.2, 0.25) is 0 Å². The van der Waals surface area contributed by atoms with Crippen molar-refractivity contribution in [2.45, 2.75) is 45.9 Å². The molecule has 0 saturated carbocycles. The predicted octanol–water partition coefficient (Wildman–Crippen LogP) is 5.76. The first kappa shape index (κ1) is 20.8. The first-order valence-electron chi connectivity index (χ1n) is 7.81. The molecule has 2 aromatic rings. The summed E-state index contributed by atoms with van der Waals surface area (Å²) in [6.07, 6.45) is 1.01. The van der Waals surface area contributed by atoms with E-state index in [4.69, 9.17) is 16.3 Å². The lowest BCUT2D eigenvalue weighted by atomic mass is 10.0. The molecule has 5 heteroatoms. The lowest BCUT2D eigenvalue weighted by molar-refractivity contribution is 0.293. The van der Waals surface area contributed by atoms with Crippen molar-refractivity contribution in [2.24, 2.45) is 0 Å². The predicted molar refractivity (Wildman–Crippen MR) is 101 cm³/mol. The number of halogens is 3. The number of benzene rings is 2. The number of ether oxygens (including phenoxy) is 1. The fraction of sp³-hybridized carbons (Fsp3) is 0.368. The summed E-state index contributed by atoms with van der Waals surface area (Å²) in [4.78, 5) is 0. The van der Waals surface area contributed by atoms with Gasteiger partial charge in [0.1, 0.15) is 18.2 Å². The van der Waals surface area contributed by atoms with Gasteiger partial charge < -0.3 is 10.1 Å². The van der Waals surface area contributed by atoms with Crippen LogP contribution in [0.4, 0.5) is 4.39 Å². The average Bonchev–Trinajstić information content (AvgIpc) is 2.53. The Bertz CT molecular complexity index is 662. The molecule has 0 saturated heterocycles. The van der Waals surface area contributed by atoms with Gasteiger partial charge in [-0.3, -0.25) is 0 Å². The normalized spacial score (nSPS) is 11.0. The van der Waals surface area contributed by atoms with Gasteiger partial charge in [-0.25, -0.2) is 4.39 Å². The fourth-order valence-electron chi connectivity index (χ4n) is 2.06. The lowest BCUT2D eigenvalue weighted by Gasteiger charge is -2.25. The summed E-state index contributed by atoms with van der Waals surface area (Å²) < 4.78 is 19.5. The van der Waals surface area contributed by atoms with Crippen LogP contribution in [0.3, 0.4) is 0 Å². The summed E-state index contributed by atoms with van der Waals surface area (Å²) in [7, 11) is 0. The van der Waals surface area contributed by atoms with Crippen molar-refractivity contribution in [1.29, 1.82) is 0 Å². The van der Waals surface area contributed by atoms with Crippen molar-refractivity contribution in [3.63, 3.8) is 0 Å². The quantitative estimate of drug-likeness (QED) is 0.667. The monoisotopic (exact) mass is 371 g/mol. The highest BCUT2D eigenvalue weighted by molar-refractivity contribution is 6.30. The molecule has 0 aromatic heterocycles. The minimum atomic E-state index is -0.256. The summed E-state index contributed by atoms with van der Waals surface area (Å²) in [5.41, 5.74) is 1.54. The molecule has 2 nitrogen and oxygen atoms in total. The van der Waals surface area contributed by atoms with Crippen molar-refractivity contribution in [3.8, 4) is 5.75 Å². The molecular weight excluding hydrogens is 348 g/mol. The van der Waals surface area contributed by atoms with Crippen LogP contribution in [0.1, 0.15) is 38.3 Å². The van der Waals surface area contributed by atoms with Crippen LogP contribution in [0.5, 0.6) is 5.75 Å². The first-order chi connectivity index (χ1) is 10.9. The van der Waals surface area contributed by atoms with Crippen LogP contribution >= 0.6 is 24.0 Å². The summed E-state index contributed by atoms with van der Waals surface area (Å²) in [5.74, 6) is 0.463. The van der Waals surface area contributed by atoms with E-state index in [0.717, 1.165) is 17.7 Å². The van der Waals surface area contributed by atoms with Crippen molar-refractivity contribution < 1.29 is 9.13 Å². The Hall–Kier alpha value is -1.29. The van der Waals surface area contributed by atoms with Crippen LogP contribution in [0, 0.1) is 5.82 Å². The second-order valence-corrected chi connectivity index (χ2v) is 6.66. The SMILES string of the molecule is CCC(C)(C)NCc1cc(Cl)ccc1OCc1ccccc1F.Cl. The van der Waals surface area contributed by atoms with E-state index in [1.807, 2.05) is 12.1 Å². The molecular formula is C19H24Cl2FNO. The highest BCUT2D eigenvalue weighted by Crippen LogP contribution is 2.25. The highest BCUT2D eigenvalue weighted by Gasteiger charge is 2.15. The molecule has 0 aliphatic rings. The number of rotatable bonds is 7. The van der Waals surface area contributed by atoms with Gasteiger partial charge in [-0.2, -0.15) is 0 Å². The van der Waals surface area contributed by atoms with Gasteiger partial charge >= 0.3 is 0 Å². The van der Waals surface area contributed by atoms with Gasteiger partial charge in [0.05, 0.1) is 0 Å². The Morgan fingerprint density at radius 1 is 1.12 bits per heavy atom. The molecule has 24 heavy (non-hydrogen) atoms. The zero-order chi connectivity index (χ0) is 16.9. The van der Waals surface area contributed by atoms with E-state index in [2.05, 4.69) is 26.1 Å². The van der Waals surface area contributed by atoms with Crippen LogP contribution in [-0.2, 0) is 13.2 Å². The van der Waals surface area contributed by atoms with E-state index in [9.17, 15) is 4.39 Å². The summed E-state index contributed by atoms with van der Waals surface area (Å²) in [6, 6.07) is 12.1. The van der Waals surface area contributed by atoms with Gasteiger partial charge in [0.25, 0.3) is 0 Å². The van der Waals surface area contributed by atoms with Crippen LogP contribution in [0.2, 0.25) is 5.02 Å². The van der Waals surface area contributed by atoms with E-state index in [1.54, 1.807) is 24.3 Å². The van der Waals surface area contributed by atoms with Gasteiger partial charge in [0.15, 0.2) is 0 Å². The van der Waals surface area contributed by atoms with Gasteiger partial charge in [0, 0.05) is 28.2 Å². The van der Waals surface area contributed by atoms with Crippen LogP contribution in [0.25, 0.3) is 0 Å². The second kappa shape index (κ2) is 9.26. The fourth-order valence-corrected chi connectivity index (χ4v) is 2.25. The number of nitrogens with one attached hydrogen (secondary N) is 1. The van der Waals surface area contributed by atoms with E-state index >= 15 is 0 Å². The molecule has 132 valence electrons. The minimum Gasteiger partial charge on any atom is -0.488 e. The smallest absolute Gasteiger partial charge is 0.129 e. The molecule has 0 fully saturated rings. The molecule has 1 N–H and O–H groups in total. The number of hydrogen-bond acceptors (Lipinski definition) is 2. The molecule has 0 aliphatic heterocycles. The van der Waals surface area contributed by atoms with Crippen molar-refractivity contribution in [2.75, 3.05) is 0 Å². The Morgan fingerprint density at radius 2 is 1.83 bits per heavy atom. The highest BCUT2D eigenvalue weighted by atomic mass is 35.5. The van der Waals surface area contributed by atoms with Crippen molar-refractivity contribution >= 4 is 24.0 Å². The summed E-state index contributed by atoms with van der Waals surface area (Å²) in [6.45, 7) is 7.28.